The van der Waals surface area contributed by atoms with Gasteiger partial charge >= 0.3 is 7.82 Å². The highest BCUT2D eigenvalue weighted by Crippen LogP contribution is 2.38. The fourth-order valence-electron chi connectivity index (χ4n) is 3.36. The lowest BCUT2D eigenvalue weighted by Crippen LogP contribution is -2.35. The minimum atomic E-state index is -4.80. The fraction of sp³-hybridized carbons (Fsp3) is 0.389. The minimum Gasteiger partial charge on any atom is -0.507 e. The molecule has 0 aliphatic carbocycles. The highest BCUT2D eigenvalue weighted by atomic mass is 31.2. The summed E-state index contributed by atoms with van der Waals surface area (Å²) < 4.78 is 31.4. The van der Waals surface area contributed by atoms with E-state index in [1.54, 1.807) is 0 Å². The molecule has 1 aliphatic rings. The van der Waals surface area contributed by atoms with Crippen LogP contribution in [0.15, 0.2) is 24.8 Å². The second-order valence-electron chi connectivity index (χ2n) is 7.23. The number of aliphatic hydroxyl groups excluding tert-OH is 2. The van der Waals surface area contributed by atoms with Gasteiger partial charge in [0.25, 0.3) is 0 Å². The molecule has 1 saturated heterocycles. The number of aromatic hydroxyl groups is 1. The predicted molar refractivity (Wildman–Crippen MR) is 113 cm³/mol. The number of rotatable bonds is 9. The molecule has 2 aromatic heterocycles. The molecule has 3 heterocycles. The van der Waals surface area contributed by atoms with Crippen LogP contribution in [-0.2, 0) is 20.4 Å². The number of phenols is 1. The second-order valence-corrected chi connectivity index (χ2v) is 8.47. The molecule has 184 valence electrons. The summed E-state index contributed by atoms with van der Waals surface area (Å²) in [6.45, 7) is -0.558. The number of aromatic nitrogens is 4. The number of imidazole rings is 1. The summed E-state index contributed by atoms with van der Waals surface area (Å²) in [6, 6.07) is 2.69. The summed E-state index contributed by atoms with van der Waals surface area (Å²) >= 11 is 0. The molecule has 0 radical (unpaired) electrons. The minimum absolute atomic E-state index is 0.0453. The lowest BCUT2D eigenvalue weighted by Gasteiger charge is -2.19. The molecule has 0 bridgehead atoms. The number of nitrogens with zero attached hydrogens (tertiary/aromatic N) is 3. The number of nitrogens with one attached hydrogen (secondary N) is 2. The van der Waals surface area contributed by atoms with Crippen molar-refractivity contribution in [2.45, 2.75) is 31.1 Å². The number of ether oxygens (including phenoxy) is 3. The van der Waals surface area contributed by atoms with Crippen LogP contribution in [0.5, 0.6) is 17.2 Å². The number of phenolic OH excluding ortho intramolecular Hbond substituents is 1. The van der Waals surface area contributed by atoms with Gasteiger partial charge < -0.3 is 49.6 Å². The van der Waals surface area contributed by atoms with E-state index in [0.717, 1.165) is 0 Å². The molecule has 3 aromatic rings. The van der Waals surface area contributed by atoms with Gasteiger partial charge in [0.2, 0.25) is 6.29 Å². The molecular formula is C18H22N5O10P. The molecule has 1 unspecified atom stereocenters. The van der Waals surface area contributed by atoms with Crippen molar-refractivity contribution >= 4 is 24.8 Å². The first-order valence-corrected chi connectivity index (χ1v) is 11.4. The van der Waals surface area contributed by atoms with Crippen LogP contribution in [0.4, 0.5) is 5.82 Å². The van der Waals surface area contributed by atoms with Gasteiger partial charge in [0.1, 0.15) is 47.4 Å². The number of benzene rings is 1. The second kappa shape index (κ2) is 9.68. The van der Waals surface area contributed by atoms with Gasteiger partial charge in [-0.05, 0) is 0 Å². The number of H-pyrrole nitrogens is 1. The van der Waals surface area contributed by atoms with Crippen molar-refractivity contribution in [1.29, 1.82) is 0 Å². The molecule has 0 saturated carbocycles. The van der Waals surface area contributed by atoms with Gasteiger partial charge in [0.15, 0.2) is 11.5 Å². The number of fused-ring (bicyclic) bond motifs is 1. The molecule has 7 N–H and O–H groups in total. The average Bonchev–Trinajstić information content (AvgIpc) is 3.37. The van der Waals surface area contributed by atoms with Gasteiger partial charge in [-0.15, -0.1) is 0 Å². The molecule has 4 atom stereocenters. The summed E-state index contributed by atoms with van der Waals surface area (Å²) in [5.41, 5.74) is 1.44. The standard InChI is InChI=1S/C18H22N5O10P/c1-30-11-3-8(32-18-15(26)14(25)12(33-18)5-31-34(27,28)29)2-10(24)9(11)4-19-16-13-17(21-6-20-13)23-7-22-16/h2-3,6-7,12,14-15,18,24-26H,4-5H2,1H3,(H2,27,28,29)(H2,19,20,21,22,23)/t12-,14-,15-,18?/m1/s1. The number of hydrogen-bond donors (Lipinski definition) is 7. The Bertz CT molecular complexity index is 1200. The quantitative estimate of drug-likeness (QED) is 0.186. The number of hydrogen-bond acceptors (Lipinski definition) is 12. The third-order valence-electron chi connectivity index (χ3n) is 5.01. The Kier molecular flexibility index (Phi) is 6.86. The zero-order chi connectivity index (χ0) is 24.5. The van der Waals surface area contributed by atoms with Crippen molar-refractivity contribution in [3.05, 3.63) is 30.4 Å². The first-order valence-electron chi connectivity index (χ1n) is 9.82. The van der Waals surface area contributed by atoms with Gasteiger partial charge in [-0.1, -0.05) is 0 Å². The van der Waals surface area contributed by atoms with E-state index in [1.807, 2.05) is 0 Å². The van der Waals surface area contributed by atoms with E-state index in [0.29, 0.717) is 22.5 Å². The third kappa shape index (κ3) is 5.20. The topological polar surface area (TPSA) is 222 Å². The summed E-state index contributed by atoms with van der Waals surface area (Å²) in [7, 11) is -3.41. The van der Waals surface area contributed by atoms with Gasteiger partial charge in [0, 0.05) is 18.7 Å². The fourth-order valence-corrected chi connectivity index (χ4v) is 3.70. The SMILES string of the molecule is COc1cc(OC2O[C@H](COP(=O)(O)O)[C@@H](O)[C@H]2O)cc(O)c1CNc1ncnc2nc[nH]c12. The van der Waals surface area contributed by atoms with Crippen LogP contribution in [-0.4, -0.2) is 83.4 Å². The molecule has 0 spiro atoms. The Hall–Kier alpha value is -3.04. The van der Waals surface area contributed by atoms with Gasteiger partial charge in [-0.3, -0.25) is 4.52 Å². The molecule has 34 heavy (non-hydrogen) atoms. The Morgan fingerprint density at radius 1 is 1.21 bits per heavy atom. The van der Waals surface area contributed by atoms with E-state index in [2.05, 4.69) is 29.8 Å². The Labute approximate surface area is 191 Å². The Morgan fingerprint density at radius 2 is 2.00 bits per heavy atom. The lowest BCUT2D eigenvalue weighted by atomic mass is 10.1. The molecule has 1 aromatic carbocycles. The summed E-state index contributed by atoms with van der Waals surface area (Å²) in [6.07, 6.45) is -2.90. The summed E-state index contributed by atoms with van der Waals surface area (Å²) in [4.78, 5) is 32.8. The van der Waals surface area contributed by atoms with Crippen molar-refractivity contribution in [3.63, 3.8) is 0 Å². The molecule has 15 nitrogen and oxygen atoms in total. The number of aliphatic hydroxyl groups is 2. The Morgan fingerprint density at radius 3 is 2.74 bits per heavy atom. The third-order valence-corrected chi connectivity index (χ3v) is 5.50. The van der Waals surface area contributed by atoms with E-state index in [9.17, 15) is 19.9 Å². The normalized spacial score (nSPS) is 22.7. The van der Waals surface area contributed by atoms with Crippen molar-refractivity contribution in [2.24, 2.45) is 0 Å². The summed E-state index contributed by atoms with van der Waals surface area (Å²) in [5.74, 6) is 0.547. The average molecular weight is 499 g/mol. The first kappa shape index (κ1) is 24.1. The molecular weight excluding hydrogens is 477 g/mol. The number of phosphoric ester groups is 1. The van der Waals surface area contributed by atoms with Crippen molar-refractivity contribution in [2.75, 3.05) is 19.0 Å². The highest BCUT2D eigenvalue weighted by molar-refractivity contribution is 7.46. The van der Waals surface area contributed by atoms with Crippen LogP contribution < -0.4 is 14.8 Å². The van der Waals surface area contributed by atoms with Crippen molar-refractivity contribution < 1.29 is 48.4 Å². The number of anilines is 1. The van der Waals surface area contributed by atoms with Crippen LogP contribution in [0.3, 0.4) is 0 Å². The van der Waals surface area contributed by atoms with Crippen LogP contribution in [0.25, 0.3) is 11.2 Å². The summed E-state index contributed by atoms with van der Waals surface area (Å²) in [5, 5.41) is 33.9. The number of methoxy groups -OCH3 is 1. The maximum Gasteiger partial charge on any atom is 0.469 e. The zero-order valence-electron chi connectivity index (χ0n) is 17.6. The van der Waals surface area contributed by atoms with Crippen LogP contribution in [0.2, 0.25) is 0 Å². The lowest BCUT2D eigenvalue weighted by molar-refractivity contribution is -0.116. The Balaban J connectivity index is 1.46. The number of aromatic amines is 1. The van der Waals surface area contributed by atoms with E-state index in [-0.39, 0.29) is 23.8 Å². The monoisotopic (exact) mass is 499 g/mol. The van der Waals surface area contributed by atoms with Crippen LogP contribution in [0.1, 0.15) is 5.56 Å². The molecule has 1 aliphatic heterocycles. The van der Waals surface area contributed by atoms with E-state index < -0.39 is 39.0 Å². The van der Waals surface area contributed by atoms with Crippen LogP contribution >= 0.6 is 7.82 Å². The smallest absolute Gasteiger partial charge is 0.469 e. The highest BCUT2D eigenvalue weighted by Gasteiger charge is 2.45. The maximum absolute atomic E-state index is 10.9. The van der Waals surface area contributed by atoms with Gasteiger partial charge in [-0.25, -0.2) is 19.5 Å². The predicted octanol–water partition coefficient (Wildman–Crippen LogP) is -0.386. The van der Waals surface area contributed by atoms with Crippen molar-refractivity contribution in [1.82, 2.24) is 19.9 Å². The van der Waals surface area contributed by atoms with Crippen molar-refractivity contribution in [3.8, 4) is 17.2 Å². The molecule has 0 amide bonds. The molecule has 1 fully saturated rings. The first-order chi connectivity index (χ1) is 16.2. The maximum atomic E-state index is 10.9. The van der Waals surface area contributed by atoms with E-state index in [4.69, 9.17) is 24.0 Å². The van der Waals surface area contributed by atoms with E-state index >= 15 is 0 Å². The van der Waals surface area contributed by atoms with Gasteiger partial charge in [0.05, 0.1) is 25.6 Å². The molecule has 16 heteroatoms. The zero-order valence-corrected chi connectivity index (χ0v) is 18.5. The number of phosphoric acid groups is 1. The molecule has 4 rings (SSSR count). The van der Waals surface area contributed by atoms with Crippen LogP contribution in [0, 0.1) is 0 Å². The largest absolute Gasteiger partial charge is 0.507 e. The van der Waals surface area contributed by atoms with E-state index in [1.165, 1.54) is 31.9 Å². The van der Waals surface area contributed by atoms with Gasteiger partial charge in [-0.2, -0.15) is 0 Å².